The fourth-order valence-electron chi connectivity index (χ4n) is 3.16. The number of rotatable bonds is 4. The highest BCUT2D eigenvalue weighted by atomic mass is 19.3. The van der Waals surface area contributed by atoms with Crippen molar-refractivity contribution in [3.05, 3.63) is 29.8 Å². The van der Waals surface area contributed by atoms with Gasteiger partial charge in [-0.15, -0.1) is 0 Å². The monoisotopic (exact) mass is 310 g/mol. The standard InChI is InChI=1S/C16H20F2N2O2/c1-15(10-5-3-4-6-12(10)22-2)8-13(15)20-14(21)11-7-16(17,18)9-19-11/h3-6,11,13,19H,7-9H2,1-2H3,(H,20,21). The van der Waals surface area contributed by atoms with Crippen LogP contribution >= 0.6 is 0 Å². The lowest BCUT2D eigenvalue weighted by Crippen LogP contribution is -2.42. The highest BCUT2D eigenvalue weighted by Crippen LogP contribution is 2.51. The zero-order valence-corrected chi connectivity index (χ0v) is 12.7. The molecule has 3 unspecified atom stereocenters. The highest BCUT2D eigenvalue weighted by Gasteiger charge is 2.54. The van der Waals surface area contributed by atoms with Gasteiger partial charge in [-0.05, 0) is 12.5 Å². The number of methoxy groups -OCH3 is 1. The summed E-state index contributed by atoms with van der Waals surface area (Å²) in [7, 11) is 1.61. The van der Waals surface area contributed by atoms with Crippen LogP contribution in [0.15, 0.2) is 24.3 Å². The van der Waals surface area contributed by atoms with Crippen LogP contribution in [-0.2, 0) is 10.2 Å². The quantitative estimate of drug-likeness (QED) is 0.892. The Labute approximate surface area is 128 Å². The van der Waals surface area contributed by atoms with Gasteiger partial charge >= 0.3 is 0 Å². The van der Waals surface area contributed by atoms with Crippen LogP contribution in [0.2, 0.25) is 0 Å². The first-order valence-electron chi connectivity index (χ1n) is 7.41. The molecule has 120 valence electrons. The van der Waals surface area contributed by atoms with Crippen molar-refractivity contribution >= 4 is 5.91 Å². The summed E-state index contributed by atoms with van der Waals surface area (Å²) in [6.45, 7) is 1.62. The van der Waals surface area contributed by atoms with Gasteiger partial charge in [-0.3, -0.25) is 10.1 Å². The first-order chi connectivity index (χ1) is 10.4. The predicted molar refractivity (Wildman–Crippen MR) is 78.2 cm³/mol. The summed E-state index contributed by atoms with van der Waals surface area (Å²) in [6, 6.07) is 6.83. The molecule has 0 aromatic heterocycles. The maximum Gasteiger partial charge on any atom is 0.262 e. The van der Waals surface area contributed by atoms with E-state index >= 15 is 0 Å². The van der Waals surface area contributed by atoms with E-state index in [9.17, 15) is 13.6 Å². The van der Waals surface area contributed by atoms with Gasteiger partial charge in [0.1, 0.15) is 5.75 Å². The molecule has 4 nitrogen and oxygen atoms in total. The van der Waals surface area contributed by atoms with E-state index in [4.69, 9.17) is 4.74 Å². The molecule has 1 saturated heterocycles. The van der Waals surface area contributed by atoms with Crippen LogP contribution in [0.25, 0.3) is 0 Å². The van der Waals surface area contributed by atoms with Crippen LogP contribution in [0.5, 0.6) is 5.75 Å². The summed E-state index contributed by atoms with van der Waals surface area (Å²) >= 11 is 0. The summed E-state index contributed by atoms with van der Waals surface area (Å²) in [6.07, 6.45) is 0.346. The smallest absolute Gasteiger partial charge is 0.262 e. The minimum atomic E-state index is -2.79. The van der Waals surface area contributed by atoms with Crippen LogP contribution in [0.1, 0.15) is 25.3 Å². The second-order valence-corrected chi connectivity index (χ2v) is 6.38. The van der Waals surface area contributed by atoms with Gasteiger partial charge in [0.05, 0.1) is 19.7 Å². The Morgan fingerprint density at radius 3 is 2.73 bits per heavy atom. The van der Waals surface area contributed by atoms with E-state index in [1.54, 1.807) is 7.11 Å². The Kier molecular flexibility index (Phi) is 3.59. The molecule has 0 spiro atoms. The molecule has 1 aliphatic carbocycles. The normalized spacial score (nSPS) is 32.5. The Morgan fingerprint density at radius 1 is 1.36 bits per heavy atom. The van der Waals surface area contributed by atoms with E-state index in [0.29, 0.717) is 0 Å². The third-order valence-corrected chi connectivity index (χ3v) is 4.70. The molecule has 0 radical (unpaired) electrons. The number of amides is 1. The molecular weight excluding hydrogens is 290 g/mol. The molecular formula is C16H20F2N2O2. The van der Waals surface area contributed by atoms with Crippen molar-refractivity contribution in [1.29, 1.82) is 0 Å². The van der Waals surface area contributed by atoms with E-state index in [1.807, 2.05) is 31.2 Å². The van der Waals surface area contributed by atoms with Crippen molar-refractivity contribution < 1.29 is 18.3 Å². The minimum Gasteiger partial charge on any atom is -0.496 e. The maximum atomic E-state index is 13.2. The van der Waals surface area contributed by atoms with Crippen molar-refractivity contribution in [2.75, 3.05) is 13.7 Å². The third kappa shape index (κ3) is 2.67. The Morgan fingerprint density at radius 2 is 2.09 bits per heavy atom. The van der Waals surface area contributed by atoms with Crippen LogP contribution in [0, 0.1) is 0 Å². The fourth-order valence-corrected chi connectivity index (χ4v) is 3.16. The molecule has 2 fully saturated rings. The zero-order valence-electron chi connectivity index (χ0n) is 12.7. The molecule has 1 aromatic rings. The van der Waals surface area contributed by atoms with Gasteiger partial charge in [-0.25, -0.2) is 8.78 Å². The van der Waals surface area contributed by atoms with E-state index in [1.165, 1.54) is 0 Å². The second kappa shape index (κ2) is 5.19. The topological polar surface area (TPSA) is 50.4 Å². The van der Waals surface area contributed by atoms with Gasteiger partial charge in [-0.2, -0.15) is 0 Å². The van der Waals surface area contributed by atoms with Gasteiger partial charge in [0.25, 0.3) is 5.92 Å². The average molecular weight is 310 g/mol. The van der Waals surface area contributed by atoms with E-state index in [2.05, 4.69) is 10.6 Å². The number of para-hydroxylation sites is 1. The summed E-state index contributed by atoms with van der Waals surface area (Å²) in [5.41, 5.74) is 0.830. The summed E-state index contributed by atoms with van der Waals surface area (Å²) in [5, 5.41) is 5.47. The molecule has 3 rings (SSSR count). The predicted octanol–water partition coefficient (Wildman–Crippen LogP) is 1.84. The number of hydrogen-bond acceptors (Lipinski definition) is 3. The molecule has 3 atom stereocenters. The second-order valence-electron chi connectivity index (χ2n) is 6.38. The summed E-state index contributed by atoms with van der Waals surface area (Å²) in [5.74, 6) is -2.36. The largest absolute Gasteiger partial charge is 0.496 e. The van der Waals surface area contributed by atoms with Crippen LogP contribution < -0.4 is 15.4 Å². The van der Waals surface area contributed by atoms with Crippen LogP contribution in [0.4, 0.5) is 8.78 Å². The van der Waals surface area contributed by atoms with E-state index in [-0.39, 0.29) is 17.4 Å². The third-order valence-electron chi connectivity index (χ3n) is 4.70. The lowest BCUT2D eigenvalue weighted by molar-refractivity contribution is -0.123. The lowest BCUT2D eigenvalue weighted by atomic mass is 9.96. The van der Waals surface area contributed by atoms with Gasteiger partial charge < -0.3 is 10.1 Å². The zero-order chi connectivity index (χ0) is 16.0. The fraction of sp³-hybridized carbons (Fsp3) is 0.562. The van der Waals surface area contributed by atoms with Crippen molar-refractivity contribution in [1.82, 2.24) is 10.6 Å². The summed E-state index contributed by atoms with van der Waals surface area (Å²) < 4.78 is 31.7. The minimum absolute atomic E-state index is 0.0488. The molecule has 22 heavy (non-hydrogen) atoms. The molecule has 1 saturated carbocycles. The van der Waals surface area contributed by atoms with E-state index < -0.39 is 24.9 Å². The Bertz CT molecular complexity index is 593. The number of benzene rings is 1. The lowest BCUT2D eigenvalue weighted by Gasteiger charge is -2.17. The van der Waals surface area contributed by atoms with Crippen molar-refractivity contribution in [2.24, 2.45) is 0 Å². The van der Waals surface area contributed by atoms with Gasteiger partial charge in [0, 0.05) is 23.4 Å². The van der Waals surface area contributed by atoms with Gasteiger partial charge in [0.2, 0.25) is 5.91 Å². The number of ether oxygens (including phenoxy) is 1. The summed E-state index contributed by atoms with van der Waals surface area (Å²) in [4.78, 5) is 12.1. The molecule has 6 heteroatoms. The molecule has 2 N–H and O–H groups in total. The number of carbonyl (C=O) groups excluding carboxylic acids is 1. The van der Waals surface area contributed by atoms with Crippen LogP contribution in [-0.4, -0.2) is 37.6 Å². The first kappa shape index (κ1) is 15.2. The van der Waals surface area contributed by atoms with E-state index in [0.717, 1.165) is 17.7 Å². The maximum absolute atomic E-state index is 13.2. The number of alkyl halides is 2. The number of nitrogens with one attached hydrogen (secondary N) is 2. The van der Waals surface area contributed by atoms with Crippen molar-refractivity contribution in [2.45, 2.75) is 43.2 Å². The van der Waals surface area contributed by atoms with Crippen molar-refractivity contribution in [3.63, 3.8) is 0 Å². The molecule has 0 bridgehead atoms. The molecule has 2 aliphatic rings. The first-order valence-corrected chi connectivity index (χ1v) is 7.41. The molecule has 1 amide bonds. The van der Waals surface area contributed by atoms with Crippen molar-refractivity contribution in [3.8, 4) is 5.75 Å². The molecule has 1 aliphatic heterocycles. The molecule has 1 heterocycles. The Balaban J connectivity index is 1.65. The van der Waals surface area contributed by atoms with Gasteiger partial charge in [0.15, 0.2) is 0 Å². The highest BCUT2D eigenvalue weighted by molar-refractivity contribution is 5.83. The Hall–Kier alpha value is -1.69. The number of halogens is 2. The SMILES string of the molecule is COc1ccccc1C1(C)CC1NC(=O)C1CC(F)(F)CN1. The molecule has 1 aromatic carbocycles. The number of hydrogen-bond donors (Lipinski definition) is 2. The van der Waals surface area contributed by atoms with Crippen LogP contribution in [0.3, 0.4) is 0 Å². The van der Waals surface area contributed by atoms with Gasteiger partial charge in [-0.1, -0.05) is 25.1 Å². The average Bonchev–Trinajstić information content (AvgIpc) is 2.98. The number of carbonyl (C=O) groups is 1.